The maximum absolute atomic E-state index is 14.3. The van der Waals surface area contributed by atoms with Gasteiger partial charge in [-0.15, -0.1) is 0 Å². The van der Waals surface area contributed by atoms with Crippen LogP contribution in [0.4, 0.5) is 10.1 Å². The van der Waals surface area contributed by atoms with Gasteiger partial charge in [0, 0.05) is 19.1 Å². The molecule has 1 aliphatic carbocycles. The van der Waals surface area contributed by atoms with E-state index in [1.54, 1.807) is 12.1 Å². The van der Waals surface area contributed by atoms with Gasteiger partial charge in [-0.1, -0.05) is 37.8 Å². The third-order valence-electron chi connectivity index (χ3n) is 4.34. The van der Waals surface area contributed by atoms with Crippen molar-refractivity contribution in [2.75, 3.05) is 11.9 Å². The highest BCUT2D eigenvalue weighted by Gasteiger charge is 2.22. The molecular formula is C17H27FN2. The molecule has 2 nitrogen and oxygen atoms in total. The van der Waals surface area contributed by atoms with Gasteiger partial charge in [0.1, 0.15) is 5.82 Å². The van der Waals surface area contributed by atoms with E-state index in [0.717, 1.165) is 17.7 Å². The third kappa shape index (κ3) is 3.72. The first kappa shape index (κ1) is 15.3. The molecule has 1 aromatic carbocycles. The van der Waals surface area contributed by atoms with Crippen molar-refractivity contribution < 1.29 is 4.39 Å². The highest BCUT2D eigenvalue weighted by atomic mass is 19.1. The third-order valence-corrected chi connectivity index (χ3v) is 4.34. The summed E-state index contributed by atoms with van der Waals surface area (Å²) in [6.45, 7) is 1.97. The van der Waals surface area contributed by atoms with Crippen LogP contribution in [0.15, 0.2) is 18.2 Å². The van der Waals surface area contributed by atoms with Crippen molar-refractivity contribution in [3.63, 3.8) is 0 Å². The molecule has 0 bridgehead atoms. The second-order valence-electron chi connectivity index (χ2n) is 6.19. The lowest BCUT2D eigenvalue weighted by Gasteiger charge is -2.31. The Labute approximate surface area is 122 Å². The topological polar surface area (TPSA) is 29.3 Å². The second-order valence-corrected chi connectivity index (χ2v) is 6.19. The monoisotopic (exact) mass is 278 g/mol. The Balaban J connectivity index is 2.24. The van der Waals surface area contributed by atoms with Crippen molar-refractivity contribution in [1.29, 1.82) is 0 Å². The molecule has 112 valence electrons. The smallest absolute Gasteiger partial charge is 0.146 e. The van der Waals surface area contributed by atoms with Crippen molar-refractivity contribution in [3.05, 3.63) is 29.6 Å². The highest BCUT2D eigenvalue weighted by molar-refractivity contribution is 5.55. The summed E-state index contributed by atoms with van der Waals surface area (Å²) in [4.78, 5) is 2.17. The van der Waals surface area contributed by atoms with E-state index in [1.807, 2.05) is 20.0 Å². The molecule has 1 aromatic rings. The van der Waals surface area contributed by atoms with Crippen LogP contribution in [0.1, 0.15) is 51.0 Å². The Morgan fingerprint density at radius 2 is 1.90 bits per heavy atom. The van der Waals surface area contributed by atoms with Crippen molar-refractivity contribution in [2.24, 2.45) is 5.73 Å². The molecule has 1 unspecified atom stereocenters. The molecule has 1 atom stereocenters. The largest absolute Gasteiger partial charge is 0.369 e. The van der Waals surface area contributed by atoms with Crippen LogP contribution in [0.25, 0.3) is 0 Å². The van der Waals surface area contributed by atoms with Crippen LogP contribution in [-0.4, -0.2) is 19.1 Å². The summed E-state index contributed by atoms with van der Waals surface area (Å²) in [5, 5.41) is 0. The van der Waals surface area contributed by atoms with Gasteiger partial charge in [-0.3, -0.25) is 0 Å². The van der Waals surface area contributed by atoms with Gasteiger partial charge >= 0.3 is 0 Å². The Kier molecular flexibility index (Phi) is 5.41. The zero-order valence-corrected chi connectivity index (χ0v) is 12.7. The van der Waals surface area contributed by atoms with Crippen LogP contribution in [0.2, 0.25) is 0 Å². The van der Waals surface area contributed by atoms with Gasteiger partial charge in [0.2, 0.25) is 0 Å². The first-order valence-electron chi connectivity index (χ1n) is 7.85. The molecule has 1 fully saturated rings. The minimum absolute atomic E-state index is 0.0538. The summed E-state index contributed by atoms with van der Waals surface area (Å²) < 4.78 is 14.3. The van der Waals surface area contributed by atoms with Gasteiger partial charge in [-0.05, 0) is 37.8 Å². The summed E-state index contributed by atoms with van der Waals surface area (Å²) >= 11 is 0. The summed E-state index contributed by atoms with van der Waals surface area (Å²) in [7, 11) is 2.04. The molecule has 0 saturated heterocycles. The predicted molar refractivity (Wildman–Crippen MR) is 83.6 cm³/mol. The van der Waals surface area contributed by atoms with E-state index >= 15 is 0 Å². The number of para-hydroxylation sites is 1. The molecule has 0 amide bonds. The van der Waals surface area contributed by atoms with Crippen LogP contribution in [-0.2, 0) is 6.42 Å². The maximum atomic E-state index is 14.3. The Morgan fingerprint density at radius 3 is 2.50 bits per heavy atom. The summed E-state index contributed by atoms with van der Waals surface area (Å²) in [5.74, 6) is -0.116. The van der Waals surface area contributed by atoms with E-state index in [9.17, 15) is 4.39 Å². The zero-order valence-electron chi connectivity index (χ0n) is 12.7. The van der Waals surface area contributed by atoms with Gasteiger partial charge in [0.15, 0.2) is 0 Å². The molecule has 1 saturated carbocycles. The fourth-order valence-corrected chi connectivity index (χ4v) is 3.29. The van der Waals surface area contributed by atoms with Crippen LogP contribution >= 0.6 is 0 Å². The van der Waals surface area contributed by atoms with Crippen molar-refractivity contribution in [1.82, 2.24) is 0 Å². The summed E-state index contributed by atoms with van der Waals surface area (Å²) in [6, 6.07) is 5.87. The molecule has 2 N–H and O–H groups in total. The lowest BCUT2D eigenvalue weighted by atomic mass is 10.0. The molecule has 2 rings (SSSR count). The fraction of sp³-hybridized carbons (Fsp3) is 0.647. The molecule has 0 aliphatic heterocycles. The number of anilines is 1. The number of halogens is 1. The quantitative estimate of drug-likeness (QED) is 0.847. The fourth-order valence-electron chi connectivity index (χ4n) is 3.29. The molecule has 0 aromatic heterocycles. The van der Waals surface area contributed by atoms with Gasteiger partial charge < -0.3 is 10.6 Å². The number of nitrogens with two attached hydrogens (primary N) is 1. The van der Waals surface area contributed by atoms with Crippen LogP contribution < -0.4 is 10.6 Å². The van der Waals surface area contributed by atoms with E-state index in [0.29, 0.717) is 6.04 Å². The lowest BCUT2D eigenvalue weighted by Crippen LogP contribution is -2.33. The van der Waals surface area contributed by atoms with Gasteiger partial charge in [-0.25, -0.2) is 4.39 Å². The number of nitrogens with zero attached hydrogens (tertiary/aromatic N) is 1. The van der Waals surface area contributed by atoms with Gasteiger partial charge in [-0.2, -0.15) is 0 Å². The van der Waals surface area contributed by atoms with Crippen molar-refractivity contribution >= 4 is 5.69 Å². The lowest BCUT2D eigenvalue weighted by molar-refractivity contribution is 0.535. The molecule has 1 aliphatic rings. The van der Waals surface area contributed by atoms with E-state index in [1.165, 1.54) is 38.5 Å². The molecule has 0 spiro atoms. The average Bonchev–Trinajstić information content (AvgIpc) is 2.66. The van der Waals surface area contributed by atoms with Crippen molar-refractivity contribution in [3.8, 4) is 0 Å². The first-order valence-corrected chi connectivity index (χ1v) is 7.85. The number of benzene rings is 1. The Morgan fingerprint density at radius 1 is 1.25 bits per heavy atom. The summed E-state index contributed by atoms with van der Waals surface area (Å²) in [6.07, 6.45) is 8.20. The van der Waals surface area contributed by atoms with Crippen molar-refractivity contribution in [2.45, 2.75) is 64.0 Å². The average molecular weight is 278 g/mol. The standard InChI is InChI=1S/C17H27FN2/c1-13(19)12-14-8-7-11-16(18)17(14)20(2)15-9-5-3-4-6-10-15/h7-8,11,13,15H,3-6,9-10,12,19H2,1-2H3. The van der Waals surface area contributed by atoms with E-state index in [-0.39, 0.29) is 11.9 Å². The molecule has 3 heteroatoms. The van der Waals surface area contributed by atoms with Crippen LogP contribution in [0.5, 0.6) is 0 Å². The molecular weight excluding hydrogens is 251 g/mol. The summed E-state index contributed by atoms with van der Waals surface area (Å²) in [5.41, 5.74) is 7.70. The van der Waals surface area contributed by atoms with E-state index in [2.05, 4.69) is 4.90 Å². The molecule has 0 radical (unpaired) electrons. The second kappa shape index (κ2) is 7.07. The van der Waals surface area contributed by atoms with Crippen LogP contribution in [0.3, 0.4) is 0 Å². The minimum atomic E-state index is -0.116. The minimum Gasteiger partial charge on any atom is -0.369 e. The number of hydrogen-bond donors (Lipinski definition) is 1. The van der Waals surface area contributed by atoms with Crippen LogP contribution in [0, 0.1) is 5.82 Å². The van der Waals surface area contributed by atoms with E-state index in [4.69, 9.17) is 5.73 Å². The molecule has 20 heavy (non-hydrogen) atoms. The molecule has 0 heterocycles. The van der Waals surface area contributed by atoms with E-state index < -0.39 is 0 Å². The first-order chi connectivity index (χ1) is 9.59. The number of hydrogen-bond acceptors (Lipinski definition) is 2. The van der Waals surface area contributed by atoms with Gasteiger partial charge in [0.05, 0.1) is 5.69 Å². The number of rotatable bonds is 4. The Bertz CT molecular complexity index is 423. The zero-order chi connectivity index (χ0) is 14.5. The van der Waals surface area contributed by atoms with Gasteiger partial charge in [0.25, 0.3) is 0 Å². The predicted octanol–water partition coefficient (Wildman–Crippen LogP) is 3.87. The maximum Gasteiger partial charge on any atom is 0.146 e. The highest BCUT2D eigenvalue weighted by Crippen LogP contribution is 2.30. The SMILES string of the molecule is CC(N)Cc1cccc(F)c1N(C)C1CCCCCC1. The Hall–Kier alpha value is -1.09. The normalized spacial score (nSPS) is 18.6.